The van der Waals surface area contributed by atoms with Crippen molar-refractivity contribution in [3.05, 3.63) is 69.8 Å². The van der Waals surface area contributed by atoms with Crippen molar-refractivity contribution in [2.45, 2.75) is 37.8 Å². The van der Waals surface area contributed by atoms with Crippen LogP contribution in [0.2, 0.25) is 0 Å². The molecule has 2 bridgehead atoms. The van der Waals surface area contributed by atoms with Crippen LogP contribution in [0.15, 0.2) is 52.5 Å². The number of carbonyl (C=O) groups excluding carboxylic acids is 1. The average Bonchev–Trinajstić information content (AvgIpc) is 3.45. The van der Waals surface area contributed by atoms with Gasteiger partial charge in [-0.15, -0.1) is 0 Å². The number of hydrogen-bond donors (Lipinski definition) is 1. The number of nitrogens with one attached hydrogen (secondary N) is 1. The minimum Gasteiger partial charge on any atom is -0.301 e. The van der Waals surface area contributed by atoms with Crippen LogP contribution in [0.25, 0.3) is 17.0 Å². The molecule has 1 N–H and O–H groups in total. The number of fused-ring (bicyclic) bond motifs is 4. The Hall–Kier alpha value is -3.32. The third kappa shape index (κ3) is 5.36. The Bertz CT molecular complexity index is 1530. The highest BCUT2D eigenvalue weighted by molar-refractivity contribution is 8.18. The number of halogens is 6. The quantitative estimate of drug-likeness (QED) is 0.315. The van der Waals surface area contributed by atoms with E-state index in [-0.39, 0.29) is 30.1 Å². The van der Waals surface area contributed by atoms with Gasteiger partial charge in [0.2, 0.25) is 0 Å². The average molecular weight is 580 g/mol. The largest absolute Gasteiger partial charge is 0.416 e. The number of hydrogen-bond acceptors (Lipinski definition) is 5. The van der Waals surface area contributed by atoms with Crippen LogP contribution in [0.5, 0.6) is 0 Å². The summed E-state index contributed by atoms with van der Waals surface area (Å²) in [5.74, 6) is 0.291. The van der Waals surface area contributed by atoms with Crippen molar-refractivity contribution in [3.63, 3.8) is 0 Å². The van der Waals surface area contributed by atoms with Gasteiger partial charge in [-0.05, 0) is 85.1 Å². The van der Waals surface area contributed by atoms with Crippen LogP contribution in [0.3, 0.4) is 0 Å². The number of benzene rings is 2. The van der Waals surface area contributed by atoms with Crippen molar-refractivity contribution in [2.75, 3.05) is 19.6 Å². The molecule has 3 aromatic rings. The third-order valence-electron chi connectivity index (χ3n) is 7.58. The third-order valence-corrected chi connectivity index (χ3v) is 8.51. The Morgan fingerprint density at radius 2 is 1.82 bits per heavy atom. The zero-order valence-electron chi connectivity index (χ0n) is 20.9. The highest BCUT2D eigenvalue weighted by atomic mass is 32.2. The van der Waals surface area contributed by atoms with E-state index in [1.165, 1.54) is 22.6 Å². The van der Waals surface area contributed by atoms with E-state index in [2.05, 4.69) is 15.3 Å². The fourth-order valence-electron chi connectivity index (χ4n) is 5.51. The van der Waals surface area contributed by atoms with Crippen molar-refractivity contribution in [1.29, 1.82) is 0 Å². The van der Waals surface area contributed by atoms with Crippen molar-refractivity contribution in [3.8, 4) is 0 Å². The molecule has 40 heavy (non-hydrogen) atoms. The van der Waals surface area contributed by atoms with Crippen LogP contribution in [-0.2, 0) is 23.7 Å². The molecule has 0 unspecified atom stereocenters. The molecule has 4 fully saturated rings. The molecular formula is C27H23F6N5OS. The van der Waals surface area contributed by atoms with Crippen LogP contribution < -0.4 is 5.32 Å². The minimum atomic E-state index is -4.96. The topological polar surface area (TPSA) is 62.5 Å². The summed E-state index contributed by atoms with van der Waals surface area (Å²) in [6.07, 6.45) is -4.44. The lowest BCUT2D eigenvalue weighted by molar-refractivity contribution is -0.143. The van der Waals surface area contributed by atoms with Gasteiger partial charge in [-0.1, -0.05) is 12.1 Å². The lowest BCUT2D eigenvalue weighted by atomic mass is 9.84. The number of amidine groups is 1. The van der Waals surface area contributed by atoms with E-state index in [9.17, 15) is 31.1 Å². The van der Waals surface area contributed by atoms with Gasteiger partial charge in [0.15, 0.2) is 5.17 Å². The highest BCUT2D eigenvalue weighted by Crippen LogP contribution is 2.38. The maximum Gasteiger partial charge on any atom is 0.416 e. The molecule has 210 valence electrons. The second-order valence-corrected chi connectivity index (χ2v) is 11.2. The van der Waals surface area contributed by atoms with Gasteiger partial charge in [-0.25, -0.2) is 0 Å². The Kier molecular flexibility index (Phi) is 6.68. The molecule has 6 nitrogen and oxygen atoms in total. The second-order valence-electron chi connectivity index (χ2n) is 10.2. The number of carbonyl (C=O) groups is 1. The fraction of sp³-hybridized carbons (Fsp3) is 0.370. The van der Waals surface area contributed by atoms with Crippen molar-refractivity contribution in [1.82, 2.24) is 20.0 Å². The van der Waals surface area contributed by atoms with Gasteiger partial charge in [0.1, 0.15) is 0 Å². The molecule has 1 aromatic heterocycles. The van der Waals surface area contributed by atoms with Gasteiger partial charge in [0, 0.05) is 11.9 Å². The number of aliphatic imine (C=N–C) groups is 1. The van der Waals surface area contributed by atoms with E-state index in [0.717, 1.165) is 38.5 Å². The molecule has 0 aliphatic carbocycles. The monoisotopic (exact) mass is 579 g/mol. The summed E-state index contributed by atoms with van der Waals surface area (Å²) in [5, 5.41) is 8.20. The normalized spacial score (nSPS) is 25.4. The van der Waals surface area contributed by atoms with E-state index in [1.807, 2.05) is 0 Å². The first-order chi connectivity index (χ1) is 18.9. The molecule has 1 amide bonds. The zero-order valence-corrected chi connectivity index (χ0v) is 21.7. The molecule has 4 aliphatic rings. The summed E-state index contributed by atoms with van der Waals surface area (Å²) in [5.41, 5.74) is -1.85. The van der Waals surface area contributed by atoms with Gasteiger partial charge in [0.25, 0.3) is 5.91 Å². The Labute approximate surface area is 229 Å². The number of nitrogens with zero attached hydrogens (tertiary/aromatic N) is 4. The summed E-state index contributed by atoms with van der Waals surface area (Å²) >= 11 is 1.28. The molecular weight excluding hydrogens is 556 g/mol. The van der Waals surface area contributed by atoms with Gasteiger partial charge in [-0.2, -0.15) is 31.4 Å². The van der Waals surface area contributed by atoms with Gasteiger partial charge >= 0.3 is 12.4 Å². The first kappa shape index (κ1) is 26.9. The standard InChI is InChI=1S/C27H23F6N5OS/c28-26(29,30)19-3-2-17(20(11-19)27(31,32)33)13-38-22-4-1-15(9-18(22)12-34-38)10-23-24(39)36-25(40-23)35-21-14-37-7-5-16(21)6-8-37/h1-4,9-12,16,21H,5-8,13-14H2,(H,35,36,39)/b23-10-/t21-/m1/s1. The highest BCUT2D eigenvalue weighted by Gasteiger charge is 2.38. The van der Waals surface area contributed by atoms with Crippen LogP contribution in [0.4, 0.5) is 26.3 Å². The summed E-state index contributed by atoms with van der Waals surface area (Å²) in [4.78, 5) is 20.3. The maximum absolute atomic E-state index is 13.6. The molecule has 0 radical (unpaired) electrons. The molecule has 2 aromatic carbocycles. The number of piperidine rings is 3. The molecule has 1 atom stereocenters. The number of aromatic nitrogens is 2. The van der Waals surface area contributed by atoms with E-state index in [1.54, 1.807) is 24.3 Å². The van der Waals surface area contributed by atoms with Crippen LogP contribution >= 0.6 is 11.8 Å². The van der Waals surface area contributed by atoms with Crippen molar-refractivity contribution >= 4 is 39.8 Å². The molecule has 0 saturated carbocycles. The van der Waals surface area contributed by atoms with E-state index in [4.69, 9.17) is 4.99 Å². The molecule has 4 aliphatic heterocycles. The predicted molar refractivity (Wildman–Crippen MR) is 139 cm³/mol. The van der Waals surface area contributed by atoms with Crippen LogP contribution in [-0.4, -0.2) is 51.4 Å². The number of alkyl halides is 6. The van der Waals surface area contributed by atoms with Gasteiger partial charge in [-0.3, -0.25) is 14.5 Å². The van der Waals surface area contributed by atoms with Crippen molar-refractivity contribution < 1.29 is 31.1 Å². The smallest absolute Gasteiger partial charge is 0.301 e. The molecule has 7 rings (SSSR count). The summed E-state index contributed by atoms with van der Waals surface area (Å²) in [6.45, 7) is 2.74. The zero-order chi connectivity index (χ0) is 28.2. The Balaban J connectivity index is 1.22. The summed E-state index contributed by atoms with van der Waals surface area (Å²) < 4.78 is 81.1. The number of rotatable bonds is 4. The Morgan fingerprint density at radius 3 is 2.50 bits per heavy atom. The lowest BCUT2D eigenvalue weighted by Crippen LogP contribution is -2.50. The second kappa shape index (κ2) is 9.95. The van der Waals surface area contributed by atoms with Crippen LogP contribution in [0.1, 0.15) is 35.1 Å². The first-order valence-corrected chi connectivity index (χ1v) is 13.5. The molecule has 13 heteroatoms. The van der Waals surface area contributed by atoms with Crippen molar-refractivity contribution in [2.24, 2.45) is 10.9 Å². The molecule has 5 heterocycles. The van der Waals surface area contributed by atoms with E-state index in [0.29, 0.717) is 38.5 Å². The maximum atomic E-state index is 13.6. The Morgan fingerprint density at radius 1 is 1.05 bits per heavy atom. The van der Waals surface area contributed by atoms with Gasteiger partial charge in [0.05, 0.1) is 40.3 Å². The van der Waals surface area contributed by atoms with E-state index < -0.39 is 23.5 Å². The first-order valence-electron chi connectivity index (χ1n) is 12.7. The van der Waals surface area contributed by atoms with Gasteiger partial charge < -0.3 is 10.2 Å². The SMILES string of the molecule is O=C1NC(=N[C@@H]2CN3CCC2CC3)S/C1=C\c1ccc2c(cnn2Cc2ccc(C(F)(F)F)cc2C(F)(F)F)c1. The molecule has 4 saturated heterocycles. The predicted octanol–water partition coefficient (Wildman–Crippen LogP) is 5.78. The summed E-state index contributed by atoms with van der Waals surface area (Å²) in [6, 6.07) is 6.90. The number of thioether (sulfide) groups is 1. The van der Waals surface area contributed by atoms with E-state index >= 15 is 0 Å². The fourth-order valence-corrected chi connectivity index (χ4v) is 6.39. The lowest BCUT2D eigenvalue weighted by Gasteiger charge is -2.43. The number of amides is 1. The van der Waals surface area contributed by atoms with Crippen LogP contribution in [0, 0.1) is 5.92 Å². The molecule has 0 spiro atoms. The minimum absolute atomic E-state index is 0.129. The summed E-state index contributed by atoms with van der Waals surface area (Å²) in [7, 11) is 0.